The normalized spacial score (nSPS) is 12.3. The van der Waals surface area contributed by atoms with Crippen LogP contribution in [0.15, 0.2) is 53.5 Å². The molecule has 1 unspecified atom stereocenters. The van der Waals surface area contributed by atoms with Crippen LogP contribution in [0.25, 0.3) is 11.1 Å². The van der Waals surface area contributed by atoms with Gasteiger partial charge in [-0.15, -0.1) is 0 Å². The van der Waals surface area contributed by atoms with Gasteiger partial charge in [-0.05, 0) is 30.7 Å². The highest BCUT2D eigenvalue weighted by Crippen LogP contribution is 2.31. The van der Waals surface area contributed by atoms with Crippen molar-refractivity contribution < 1.29 is 44.3 Å². The topological polar surface area (TPSA) is 209 Å². The third-order valence-electron chi connectivity index (χ3n) is 3.84. The molecule has 176 valence electrons. The van der Waals surface area contributed by atoms with Crippen LogP contribution in [0.2, 0.25) is 0 Å². The third-order valence-corrected chi connectivity index (χ3v) is 3.84. The summed E-state index contributed by atoms with van der Waals surface area (Å²) in [5, 5.41) is 32.8. The Morgan fingerprint density at radius 3 is 2.00 bits per heavy atom. The quantitative estimate of drug-likeness (QED) is 0.279. The van der Waals surface area contributed by atoms with Crippen molar-refractivity contribution in [2.24, 2.45) is 4.99 Å². The van der Waals surface area contributed by atoms with Gasteiger partial charge in [-0.2, -0.15) is 0 Å². The molecule has 2 aromatic carbocycles. The summed E-state index contributed by atoms with van der Waals surface area (Å²) in [5.41, 5.74) is 8.72. The number of nitrogens with zero attached hydrogens (tertiary/aromatic N) is 1. The van der Waals surface area contributed by atoms with Crippen molar-refractivity contribution in [1.82, 2.24) is 5.32 Å². The zero-order chi connectivity index (χ0) is 25.0. The standard InChI is InChI=1S/C17H19N3O.2C2H2O4/c1-12(17-19-9-10-20-17)21-16-8-3-2-7-15(16)13-5-4-6-14(18)11-13;2*3-1(4)2(5)6/h2-8,11-12H,9-10,18H2,1H3,(H,19,20);2*(H,3,4)(H,5,6). The first kappa shape index (κ1) is 26.4. The summed E-state index contributed by atoms with van der Waals surface area (Å²) in [5.74, 6) is -5.54. The summed E-state index contributed by atoms with van der Waals surface area (Å²) in [4.78, 5) is 40.8. The molecule has 3 rings (SSSR count). The molecule has 0 spiro atoms. The number of benzene rings is 2. The number of aliphatic carboxylic acids is 4. The van der Waals surface area contributed by atoms with E-state index in [2.05, 4.69) is 10.3 Å². The fourth-order valence-corrected chi connectivity index (χ4v) is 2.45. The summed E-state index contributed by atoms with van der Waals surface area (Å²) < 4.78 is 6.09. The molecule has 1 aliphatic heterocycles. The lowest BCUT2D eigenvalue weighted by Gasteiger charge is -2.18. The second kappa shape index (κ2) is 12.9. The molecule has 0 radical (unpaired) electrons. The van der Waals surface area contributed by atoms with Gasteiger partial charge in [-0.25, -0.2) is 19.2 Å². The number of anilines is 1. The van der Waals surface area contributed by atoms with Gasteiger partial charge in [-0.3, -0.25) is 4.99 Å². The van der Waals surface area contributed by atoms with E-state index < -0.39 is 23.9 Å². The number of carboxylic acid groups (broad SMARTS) is 4. The first-order valence-corrected chi connectivity index (χ1v) is 9.35. The Hall–Kier alpha value is -4.61. The molecule has 33 heavy (non-hydrogen) atoms. The summed E-state index contributed by atoms with van der Waals surface area (Å²) in [6.07, 6.45) is -0.0882. The number of hydrogen-bond acceptors (Lipinski definition) is 8. The van der Waals surface area contributed by atoms with Crippen molar-refractivity contribution in [2.45, 2.75) is 13.0 Å². The fraction of sp³-hybridized carbons (Fsp3) is 0.190. The number of aliphatic imine (C=N–C) groups is 1. The van der Waals surface area contributed by atoms with Gasteiger partial charge in [0, 0.05) is 17.8 Å². The monoisotopic (exact) mass is 461 g/mol. The number of hydrogen-bond donors (Lipinski definition) is 6. The molecule has 1 atom stereocenters. The van der Waals surface area contributed by atoms with Crippen molar-refractivity contribution in [2.75, 3.05) is 18.8 Å². The van der Waals surface area contributed by atoms with Gasteiger partial charge >= 0.3 is 23.9 Å². The van der Waals surface area contributed by atoms with E-state index in [0.717, 1.165) is 41.5 Å². The van der Waals surface area contributed by atoms with Crippen LogP contribution in [0, 0.1) is 0 Å². The number of nitrogens with one attached hydrogen (secondary N) is 1. The average Bonchev–Trinajstić information content (AvgIpc) is 3.30. The lowest BCUT2D eigenvalue weighted by atomic mass is 10.0. The molecule has 12 heteroatoms. The van der Waals surface area contributed by atoms with Crippen LogP contribution in [0.1, 0.15) is 6.92 Å². The Balaban J connectivity index is 0.000000377. The highest BCUT2D eigenvalue weighted by molar-refractivity contribution is 6.27. The number of rotatable bonds is 4. The fourth-order valence-electron chi connectivity index (χ4n) is 2.45. The molecular weight excluding hydrogens is 438 g/mol. The van der Waals surface area contributed by atoms with Crippen LogP contribution in [0.4, 0.5) is 5.69 Å². The van der Waals surface area contributed by atoms with Crippen LogP contribution >= 0.6 is 0 Å². The van der Waals surface area contributed by atoms with Crippen LogP contribution in [0.3, 0.4) is 0 Å². The number of ether oxygens (including phenoxy) is 1. The molecule has 1 aliphatic rings. The maximum absolute atomic E-state index is 9.10. The summed E-state index contributed by atoms with van der Waals surface area (Å²) in [6, 6.07) is 15.8. The molecule has 0 saturated heterocycles. The number of carboxylic acids is 4. The van der Waals surface area contributed by atoms with E-state index in [-0.39, 0.29) is 6.10 Å². The first-order valence-electron chi connectivity index (χ1n) is 9.35. The first-order chi connectivity index (χ1) is 15.5. The lowest BCUT2D eigenvalue weighted by Crippen LogP contribution is -2.33. The molecule has 0 aromatic heterocycles. The minimum atomic E-state index is -1.82. The largest absolute Gasteiger partial charge is 0.482 e. The lowest BCUT2D eigenvalue weighted by molar-refractivity contribution is -0.159. The van der Waals surface area contributed by atoms with E-state index in [4.69, 9.17) is 50.1 Å². The van der Waals surface area contributed by atoms with Gasteiger partial charge in [-0.1, -0.05) is 30.3 Å². The van der Waals surface area contributed by atoms with Crippen LogP contribution in [-0.2, 0) is 19.2 Å². The number of carbonyl (C=O) groups is 4. The molecule has 0 bridgehead atoms. The average molecular weight is 461 g/mol. The molecule has 0 aliphatic carbocycles. The van der Waals surface area contributed by atoms with Gasteiger partial charge in [0.1, 0.15) is 11.6 Å². The molecule has 0 saturated carbocycles. The number of nitrogens with two attached hydrogens (primary N) is 1. The molecule has 0 amide bonds. The zero-order valence-corrected chi connectivity index (χ0v) is 17.5. The Morgan fingerprint density at radius 1 is 0.939 bits per heavy atom. The van der Waals surface area contributed by atoms with Crippen molar-refractivity contribution in [1.29, 1.82) is 0 Å². The summed E-state index contributed by atoms with van der Waals surface area (Å²) >= 11 is 0. The van der Waals surface area contributed by atoms with Crippen molar-refractivity contribution in [3.05, 3.63) is 48.5 Å². The van der Waals surface area contributed by atoms with Gasteiger partial charge in [0.15, 0.2) is 6.10 Å². The minimum absolute atomic E-state index is 0.0882. The smallest absolute Gasteiger partial charge is 0.414 e. The Bertz CT molecular complexity index is 989. The Morgan fingerprint density at radius 2 is 1.52 bits per heavy atom. The van der Waals surface area contributed by atoms with Crippen molar-refractivity contribution in [3.8, 4) is 16.9 Å². The van der Waals surface area contributed by atoms with Crippen LogP contribution in [-0.4, -0.2) is 69.3 Å². The Labute approximate surface area is 188 Å². The third kappa shape index (κ3) is 9.38. The van der Waals surface area contributed by atoms with E-state index in [0.29, 0.717) is 0 Å². The molecular formula is C21H23N3O9. The highest BCUT2D eigenvalue weighted by atomic mass is 16.5. The predicted octanol–water partition coefficient (Wildman–Crippen LogP) is 1.02. The zero-order valence-electron chi connectivity index (χ0n) is 17.5. The minimum Gasteiger partial charge on any atom is -0.482 e. The SMILES string of the molecule is CC(Oc1ccccc1-c1cccc(N)c1)C1=NCCN1.O=C(O)C(=O)O.O=C(O)C(=O)O. The van der Waals surface area contributed by atoms with E-state index in [1.165, 1.54) is 0 Å². The van der Waals surface area contributed by atoms with Crippen LogP contribution < -0.4 is 15.8 Å². The van der Waals surface area contributed by atoms with E-state index in [1.54, 1.807) is 0 Å². The predicted molar refractivity (Wildman–Crippen MR) is 117 cm³/mol. The molecule has 7 N–H and O–H groups in total. The van der Waals surface area contributed by atoms with Crippen molar-refractivity contribution in [3.63, 3.8) is 0 Å². The molecule has 1 heterocycles. The van der Waals surface area contributed by atoms with Gasteiger partial charge in [0.05, 0.1) is 6.54 Å². The maximum atomic E-state index is 9.10. The number of nitrogen functional groups attached to an aromatic ring is 1. The molecule has 12 nitrogen and oxygen atoms in total. The summed E-state index contributed by atoms with van der Waals surface area (Å²) in [6.45, 7) is 3.72. The van der Waals surface area contributed by atoms with Crippen molar-refractivity contribution >= 4 is 35.4 Å². The van der Waals surface area contributed by atoms with E-state index >= 15 is 0 Å². The highest BCUT2D eigenvalue weighted by Gasteiger charge is 2.17. The molecule has 0 fully saturated rings. The van der Waals surface area contributed by atoms with Crippen LogP contribution in [0.5, 0.6) is 5.75 Å². The Kier molecular flexibility index (Phi) is 10.4. The van der Waals surface area contributed by atoms with E-state index in [1.807, 2.05) is 55.5 Å². The number of para-hydroxylation sites is 1. The summed E-state index contributed by atoms with van der Waals surface area (Å²) in [7, 11) is 0. The number of amidine groups is 1. The van der Waals surface area contributed by atoms with Gasteiger partial charge in [0.2, 0.25) is 0 Å². The van der Waals surface area contributed by atoms with Gasteiger partial charge in [0.25, 0.3) is 0 Å². The second-order valence-electron chi connectivity index (χ2n) is 6.30. The molecule has 2 aromatic rings. The van der Waals surface area contributed by atoms with E-state index in [9.17, 15) is 0 Å². The van der Waals surface area contributed by atoms with Gasteiger partial charge < -0.3 is 36.2 Å². The second-order valence-corrected chi connectivity index (χ2v) is 6.30. The maximum Gasteiger partial charge on any atom is 0.414 e.